The Morgan fingerprint density at radius 1 is 1.22 bits per heavy atom. The fourth-order valence-electron chi connectivity index (χ4n) is 2.57. The van der Waals surface area contributed by atoms with Crippen LogP contribution < -0.4 is 14.2 Å². The van der Waals surface area contributed by atoms with Crippen molar-refractivity contribution in [2.24, 2.45) is 3.21 Å². The summed E-state index contributed by atoms with van der Waals surface area (Å²) in [5.74, 6) is 0.790. The van der Waals surface area contributed by atoms with Crippen LogP contribution in [0, 0.1) is 0 Å². The summed E-state index contributed by atoms with van der Waals surface area (Å²) >= 11 is 1.89. The van der Waals surface area contributed by atoms with Gasteiger partial charge < -0.3 is 23.9 Å². The van der Waals surface area contributed by atoms with Gasteiger partial charge in [0.25, 0.3) is 21.5 Å². The maximum Gasteiger partial charge on any atom is 0.355 e. The van der Waals surface area contributed by atoms with Gasteiger partial charge in [-0.15, -0.1) is 0 Å². The third-order valence-corrected chi connectivity index (χ3v) is 4.94. The van der Waals surface area contributed by atoms with Crippen LogP contribution in [0.4, 0.5) is 0 Å². The van der Waals surface area contributed by atoms with Gasteiger partial charge in [0.2, 0.25) is 5.75 Å². The summed E-state index contributed by atoms with van der Waals surface area (Å²) in [6.45, 7) is 1.95. The lowest BCUT2D eigenvalue weighted by atomic mass is 10.0. The molecule has 0 saturated carbocycles. The number of halogens is 2. The van der Waals surface area contributed by atoms with E-state index in [-0.39, 0.29) is 12.3 Å². The quantitative estimate of drug-likeness (QED) is 0.298. The van der Waals surface area contributed by atoms with Crippen LogP contribution in [0.25, 0.3) is 11.1 Å². The Kier molecular flexibility index (Phi) is 7.78. The van der Waals surface area contributed by atoms with Crippen LogP contribution in [-0.4, -0.2) is 45.1 Å². The number of H-pyrrole nitrogens is 1. The highest BCUT2D eigenvalue weighted by Crippen LogP contribution is 2.47. The molecular weight excluding hydrogens is 535 g/mol. The van der Waals surface area contributed by atoms with Crippen molar-refractivity contribution in [2.45, 2.75) is 6.92 Å². The molecule has 10 heteroatoms. The topological polar surface area (TPSA) is 99.2 Å². The van der Waals surface area contributed by atoms with E-state index < -0.39 is 27.4 Å². The number of esters is 1. The van der Waals surface area contributed by atoms with Gasteiger partial charge in [0.15, 0.2) is 11.5 Å². The zero-order valence-electron chi connectivity index (χ0n) is 15.1. The van der Waals surface area contributed by atoms with Crippen LogP contribution in [0.3, 0.4) is 0 Å². The smallest absolute Gasteiger partial charge is 0.355 e. The maximum absolute atomic E-state index is 12.3. The molecule has 0 aliphatic carbocycles. The summed E-state index contributed by atoms with van der Waals surface area (Å²) in [7, 11) is 4.53. The van der Waals surface area contributed by atoms with Gasteiger partial charge in [0, 0.05) is 11.1 Å². The van der Waals surface area contributed by atoms with E-state index in [0.717, 1.165) is 0 Å². The van der Waals surface area contributed by atoms with Crippen LogP contribution in [0.1, 0.15) is 23.1 Å². The van der Waals surface area contributed by atoms with Crippen molar-refractivity contribution < 1.29 is 26.8 Å². The highest BCUT2D eigenvalue weighted by atomic mass is 127. The molecule has 0 spiro atoms. The number of aromatic nitrogens is 1. The molecule has 0 amide bonds. The molecule has 2 rings (SSSR count). The number of nitrogens with zero attached hydrogens (tertiary/aromatic N) is 1. The highest BCUT2D eigenvalue weighted by molar-refractivity contribution is 14.1. The molecule has 0 fully saturated rings. The van der Waals surface area contributed by atoms with Crippen LogP contribution in [0.2, 0.25) is 0 Å². The Labute approximate surface area is 175 Å². The molecule has 146 valence electrons. The summed E-state index contributed by atoms with van der Waals surface area (Å²) in [4.78, 5) is 15.2. The van der Waals surface area contributed by atoms with E-state index in [1.54, 1.807) is 19.1 Å². The van der Waals surface area contributed by atoms with Gasteiger partial charge in [-0.2, -0.15) is 3.21 Å². The predicted molar refractivity (Wildman–Crippen MR) is 112 cm³/mol. The number of hydrogen-bond acceptors (Lipinski definition) is 6. The minimum atomic E-state index is -1.56. The number of carbonyl (C=O) groups excluding carboxylic acids is 1. The molecule has 0 atom stereocenters. The van der Waals surface area contributed by atoms with E-state index in [1.165, 1.54) is 27.5 Å². The van der Waals surface area contributed by atoms with Crippen LogP contribution in [0.15, 0.2) is 19.8 Å². The number of carbonyl (C=O) groups is 1. The van der Waals surface area contributed by atoms with E-state index in [9.17, 15) is 7.86 Å². The Morgan fingerprint density at radius 3 is 2.48 bits per heavy atom. The molecule has 1 N–H and O–H groups in total. The van der Waals surface area contributed by atoms with E-state index >= 15 is 0 Å². The van der Waals surface area contributed by atoms with Crippen molar-refractivity contribution >= 4 is 49.6 Å². The maximum atomic E-state index is 12.3. The third-order valence-electron chi connectivity index (χ3n) is 3.64. The zero-order valence-corrected chi connectivity index (χ0v) is 18.8. The lowest BCUT2D eigenvalue weighted by Crippen LogP contribution is -2.05. The summed E-state index contributed by atoms with van der Waals surface area (Å²) < 4.78 is 36.6. The molecule has 0 aliphatic heterocycles. The predicted octanol–water partition coefficient (Wildman–Crippen LogP) is 4.30. The minimum Gasteiger partial charge on any atom is -0.493 e. The van der Waals surface area contributed by atoms with Crippen molar-refractivity contribution in [1.82, 2.24) is 4.98 Å². The first kappa shape index (κ1) is 21.4. The fraction of sp³-hybridized carbons (Fsp3) is 0.294. The van der Waals surface area contributed by atoms with E-state index in [2.05, 4.69) is 24.1 Å². The zero-order chi connectivity index (χ0) is 20.0. The molecule has 27 heavy (non-hydrogen) atoms. The first-order chi connectivity index (χ1) is 13.0. The normalized spacial score (nSPS) is 10.9. The summed E-state index contributed by atoms with van der Waals surface area (Å²) in [6, 6.07) is 3.49. The Bertz CT molecular complexity index is 881. The number of rotatable bonds is 8. The average Bonchev–Trinajstić information content (AvgIpc) is 3.01. The van der Waals surface area contributed by atoms with Gasteiger partial charge in [-0.3, -0.25) is 0 Å². The summed E-state index contributed by atoms with van der Waals surface area (Å²) in [5.41, 5.74) is 1.91. The number of ether oxygens (including phenoxy) is 4. The van der Waals surface area contributed by atoms with Crippen molar-refractivity contribution in [3.63, 3.8) is 0 Å². The van der Waals surface area contributed by atoms with E-state index in [0.29, 0.717) is 38.5 Å². The second-order valence-corrected chi connectivity index (χ2v) is 6.74. The minimum absolute atomic E-state index is 0.217. The number of hydrogen-bond donors (Lipinski definition) is 1. The summed E-state index contributed by atoms with van der Waals surface area (Å²) in [6.07, 6.45) is 1.42. The third kappa shape index (κ3) is 4.32. The van der Waals surface area contributed by atoms with Gasteiger partial charge in [0.1, 0.15) is 5.69 Å². The van der Waals surface area contributed by atoms with Gasteiger partial charge in [-0.25, -0.2) is 7.86 Å². The number of methoxy groups -OCH3 is 3. The second kappa shape index (κ2) is 9.83. The van der Waals surface area contributed by atoms with Crippen molar-refractivity contribution in [1.29, 1.82) is 0 Å². The molecule has 1 aromatic carbocycles. The van der Waals surface area contributed by atoms with Gasteiger partial charge in [-0.05, 0) is 35.0 Å². The van der Waals surface area contributed by atoms with Crippen LogP contribution in [-0.2, 0) is 7.81 Å². The molecule has 0 aliphatic rings. The van der Waals surface area contributed by atoms with Crippen molar-refractivity contribution in [2.75, 3.05) is 27.9 Å². The number of benzene rings is 1. The largest absolute Gasteiger partial charge is 0.493 e. The molecule has 2 aromatic rings. The molecule has 0 unspecified atom stereocenters. The Hall–Kier alpha value is -1.95. The molecule has 1 heterocycles. The highest BCUT2D eigenvalue weighted by Gasteiger charge is 2.26. The standard InChI is InChI=1S/C17H18BrIN2O6/c1-5-27-17(22)14-13(18)12(10(21-14)8-20-19-23)9-6-7-11(24-2)16(26-4)15(9)25-3/h6-8,21H,5H2,1-4H3. The SMILES string of the molecule is CCOC(=O)c1[nH]c(C=NI=O)c(-c2ccc(OC)c(OC)c2OC)c1Br. The Morgan fingerprint density at radius 2 is 1.93 bits per heavy atom. The van der Waals surface area contributed by atoms with Crippen molar-refractivity contribution in [3.8, 4) is 28.4 Å². The molecular formula is C17H18BrIN2O6. The average molecular weight is 553 g/mol. The molecule has 0 radical (unpaired) electrons. The first-order valence-electron chi connectivity index (χ1n) is 7.71. The lowest BCUT2D eigenvalue weighted by molar-refractivity contribution is 0.0519. The van der Waals surface area contributed by atoms with Gasteiger partial charge in [0.05, 0.1) is 44.3 Å². The second-order valence-electron chi connectivity index (χ2n) is 5.00. The molecule has 0 bridgehead atoms. The monoisotopic (exact) mass is 552 g/mol. The first-order valence-corrected chi connectivity index (χ1v) is 10.3. The Balaban J connectivity index is 2.79. The fourth-order valence-corrected chi connectivity index (χ4v) is 3.65. The van der Waals surface area contributed by atoms with Gasteiger partial charge in [-0.1, -0.05) is 0 Å². The lowest BCUT2D eigenvalue weighted by Gasteiger charge is -2.16. The molecule has 8 nitrogen and oxygen atoms in total. The van der Waals surface area contributed by atoms with E-state index in [1.807, 2.05) is 0 Å². The molecule has 0 saturated heterocycles. The number of nitrogens with one attached hydrogen (secondary N) is 1. The van der Waals surface area contributed by atoms with Gasteiger partial charge >= 0.3 is 5.97 Å². The van der Waals surface area contributed by atoms with E-state index in [4.69, 9.17) is 18.9 Å². The summed E-state index contributed by atoms with van der Waals surface area (Å²) in [5, 5.41) is 0. The van der Waals surface area contributed by atoms with Crippen molar-refractivity contribution in [3.05, 3.63) is 28.0 Å². The van der Waals surface area contributed by atoms with Crippen LogP contribution >= 0.6 is 37.4 Å². The number of aromatic amines is 1. The van der Waals surface area contributed by atoms with Crippen LogP contribution in [0.5, 0.6) is 17.2 Å². The molecule has 1 aromatic heterocycles.